The monoisotopic (exact) mass is 272 g/mol. The fourth-order valence-electron chi connectivity index (χ4n) is 3.69. The minimum Gasteiger partial charge on any atom is -0.374 e. The molecule has 2 saturated carbocycles. The molecule has 0 aliphatic heterocycles. The third-order valence-corrected chi connectivity index (χ3v) is 8.25. The summed E-state index contributed by atoms with van der Waals surface area (Å²) < 4.78 is 18.2. The first-order valence-corrected chi connectivity index (χ1v) is 9.45. The fourth-order valence-corrected chi connectivity index (χ4v) is 7.44. The average molecular weight is 272 g/mol. The second-order valence-electron chi connectivity index (χ2n) is 5.58. The Hall–Kier alpha value is 0.0969. The van der Waals surface area contributed by atoms with Gasteiger partial charge < -0.3 is 13.3 Å². The molecular weight excluding hydrogens is 244 g/mol. The molecule has 0 aromatic heterocycles. The first-order chi connectivity index (χ1) is 8.73. The van der Waals surface area contributed by atoms with Crippen molar-refractivity contribution in [3.8, 4) is 0 Å². The number of rotatable bonds is 7. The minimum absolute atomic E-state index is 0.518. The summed E-state index contributed by atoms with van der Waals surface area (Å²) in [4.78, 5) is 0. The predicted octanol–water partition coefficient (Wildman–Crippen LogP) is 3.76. The maximum atomic E-state index is 6.06. The van der Waals surface area contributed by atoms with Gasteiger partial charge in [-0.3, -0.25) is 0 Å². The quantitative estimate of drug-likeness (QED) is 0.660. The van der Waals surface area contributed by atoms with E-state index in [1.54, 1.807) is 0 Å². The molecular formula is C14H28O3Si. The van der Waals surface area contributed by atoms with E-state index in [1.165, 1.54) is 38.5 Å². The maximum absolute atomic E-state index is 6.06. The average Bonchev–Trinajstić information content (AvgIpc) is 3.05. The lowest BCUT2D eigenvalue weighted by Crippen LogP contribution is -2.48. The third-order valence-electron chi connectivity index (χ3n) is 4.50. The maximum Gasteiger partial charge on any atom is 0.504 e. The molecule has 0 bridgehead atoms. The summed E-state index contributed by atoms with van der Waals surface area (Å²) in [7, 11) is -2.42. The summed E-state index contributed by atoms with van der Waals surface area (Å²) in [6.07, 6.45) is 8.16. The van der Waals surface area contributed by atoms with E-state index in [2.05, 4.69) is 20.8 Å². The molecule has 0 amide bonds. The zero-order chi connectivity index (χ0) is 13.1. The van der Waals surface area contributed by atoms with Crippen LogP contribution in [0.5, 0.6) is 0 Å². The van der Waals surface area contributed by atoms with E-state index in [0.717, 1.165) is 0 Å². The van der Waals surface area contributed by atoms with Gasteiger partial charge in [-0.05, 0) is 45.4 Å². The van der Waals surface area contributed by atoms with Crippen molar-refractivity contribution in [3.05, 3.63) is 0 Å². The highest BCUT2D eigenvalue weighted by atomic mass is 28.4. The lowest BCUT2D eigenvalue weighted by atomic mass is 9.86. The van der Waals surface area contributed by atoms with Crippen molar-refractivity contribution in [1.29, 1.82) is 0 Å². The minimum atomic E-state index is -2.42. The van der Waals surface area contributed by atoms with Crippen LogP contribution in [0.3, 0.4) is 0 Å². The van der Waals surface area contributed by atoms with Crippen LogP contribution in [0.2, 0.25) is 5.54 Å². The van der Waals surface area contributed by atoms with Crippen molar-refractivity contribution in [3.63, 3.8) is 0 Å². The Balaban J connectivity index is 2.08. The molecule has 0 saturated heterocycles. The van der Waals surface area contributed by atoms with E-state index in [0.29, 0.717) is 30.8 Å². The van der Waals surface area contributed by atoms with Gasteiger partial charge in [0.1, 0.15) is 0 Å². The summed E-state index contributed by atoms with van der Waals surface area (Å²) in [5.41, 5.74) is 1.09. The first kappa shape index (κ1) is 14.5. The summed E-state index contributed by atoms with van der Waals surface area (Å²) >= 11 is 0. The van der Waals surface area contributed by atoms with Crippen LogP contribution >= 0.6 is 0 Å². The molecule has 0 radical (unpaired) electrons. The smallest absolute Gasteiger partial charge is 0.374 e. The lowest BCUT2D eigenvalue weighted by Gasteiger charge is -2.32. The van der Waals surface area contributed by atoms with E-state index in [9.17, 15) is 0 Å². The molecule has 0 N–H and O–H groups in total. The Kier molecular flexibility index (Phi) is 4.86. The van der Waals surface area contributed by atoms with E-state index in [1.807, 2.05) is 0 Å². The second kappa shape index (κ2) is 6.03. The Morgan fingerprint density at radius 1 is 0.889 bits per heavy atom. The Morgan fingerprint density at radius 3 is 1.83 bits per heavy atom. The summed E-state index contributed by atoms with van der Waals surface area (Å²) in [5.74, 6) is 0. The van der Waals surface area contributed by atoms with Gasteiger partial charge in [-0.2, -0.15) is 0 Å². The van der Waals surface area contributed by atoms with E-state index < -0.39 is 8.80 Å². The van der Waals surface area contributed by atoms with Crippen LogP contribution in [0.4, 0.5) is 0 Å². The van der Waals surface area contributed by atoms with Crippen LogP contribution in [0.15, 0.2) is 0 Å². The Labute approximate surface area is 113 Å². The summed E-state index contributed by atoms with van der Waals surface area (Å²) in [6.45, 7) is 8.28. The van der Waals surface area contributed by atoms with Gasteiger partial charge >= 0.3 is 8.80 Å². The lowest BCUT2D eigenvalue weighted by molar-refractivity contribution is 0.0644. The highest BCUT2D eigenvalue weighted by Gasteiger charge is 2.69. The van der Waals surface area contributed by atoms with Crippen LogP contribution in [0.1, 0.15) is 59.3 Å². The first-order valence-electron chi connectivity index (χ1n) is 7.65. The summed E-state index contributed by atoms with van der Waals surface area (Å²) in [6, 6.07) is 0. The van der Waals surface area contributed by atoms with Crippen LogP contribution in [0, 0.1) is 5.41 Å². The molecule has 2 aliphatic rings. The Bertz CT molecular complexity index is 247. The van der Waals surface area contributed by atoms with E-state index >= 15 is 0 Å². The highest BCUT2D eigenvalue weighted by molar-refractivity contribution is 6.63. The molecule has 1 unspecified atom stereocenters. The molecule has 1 spiro atoms. The molecule has 106 valence electrons. The zero-order valence-corrected chi connectivity index (χ0v) is 13.2. The fraction of sp³-hybridized carbons (Fsp3) is 1.00. The van der Waals surface area contributed by atoms with Gasteiger partial charge in [0.2, 0.25) is 0 Å². The van der Waals surface area contributed by atoms with E-state index in [4.69, 9.17) is 13.3 Å². The molecule has 3 nitrogen and oxygen atoms in total. The summed E-state index contributed by atoms with van der Waals surface area (Å²) in [5, 5.41) is 0. The van der Waals surface area contributed by atoms with Crippen molar-refractivity contribution in [2.75, 3.05) is 19.8 Å². The van der Waals surface area contributed by atoms with Crippen LogP contribution < -0.4 is 0 Å². The van der Waals surface area contributed by atoms with E-state index in [-0.39, 0.29) is 0 Å². The number of hydrogen-bond donors (Lipinski definition) is 0. The molecule has 18 heavy (non-hydrogen) atoms. The van der Waals surface area contributed by atoms with Gasteiger partial charge in [-0.25, -0.2) is 0 Å². The third kappa shape index (κ3) is 2.67. The molecule has 2 fully saturated rings. The standard InChI is InChI=1S/C14H28O3Si/c1-4-15-18(16-5-2,17-6-3)13-12-14(13)10-8-7-9-11-14/h13H,4-12H2,1-3H3. The van der Waals surface area contributed by atoms with Crippen LogP contribution in [-0.2, 0) is 13.3 Å². The van der Waals surface area contributed by atoms with Gasteiger partial charge in [0.05, 0.1) is 0 Å². The number of hydrogen-bond acceptors (Lipinski definition) is 3. The Morgan fingerprint density at radius 2 is 1.39 bits per heavy atom. The van der Waals surface area contributed by atoms with Gasteiger partial charge in [-0.15, -0.1) is 0 Å². The largest absolute Gasteiger partial charge is 0.504 e. The molecule has 0 aromatic carbocycles. The molecule has 2 rings (SSSR count). The predicted molar refractivity (Wildman–Crippen MR) is 74.5 cm³/mol. The molecule has 0 heterocycles. The van der Waals surface area contributed by atoms with Gasteiger partial charge in [0.25, 0.3) is 0 Å². The highest BCUT2D eigenvalue weighted by Crippen LogP contribution is 2.69. The van der Waals surface area contributed by atoms with Crippen molar-refractivity contribution in [2.24, 2.45) is 5.41 Å². The van der Waals surface area contributed by atoms with Crippen molar-refractivity contribution in [2.45, 2.75) is 64.8 Å². The topological polar surface area (TPSA) is 27.7 Å². The van der Waals surface area contributed by atoms with Crippen molar-refractivity contribution < 1.29 is 13.3 Å². The van der Waals surface area contributed by atoms with Crippen molar-refractivity contribution >= 4 is 8.80 Å². The molecule has 0 aromatic rings. The van der Waals surface area contributed by atoms with Crippen LogP contribution in [-0.4, -0.2) is 28.6 Å². The van der Waals surface area contributed by atoms with Gasteiger partial charge in [-0.1, -0.05) is 19.3 Å². The molecule has 2 aliphatic carbocycles. The molecule has 4 heteroatoms. The normalized spacial score (nSPS) is 26.5. The van der Waals surface area contributed by atoms with Crippen LogP contribution in [0.25, 0.3) is 0 Å². The van der Waals surface area contributed by atoms with Gasteiger partial charge in [0, 0.05) is 25.4 Å². The van der Waals surface area contributed by atoms with Gasteiger partial charge in [0.15, 0.2) is 0 Å². The molecule has 1 atom stereocenters. The zero-order valence-electron chi connectivity index (χ0n) is 12.2. The SMILES string of the molecule is CCO[Si](OCC)(OCC)C1CC12CCCCC2. The second-order valence-corrected chi connectivity index (χ2v) is 8.35. The van der Waals surface area contributed by atoms with Crippen molar-refractivity contribution in [1.82, 2.24) is 0 Å².